The van der Waals surface area contributed by atoms with Crippen LogP contribution in [0.2, 0.25) is 0 Å². The molecule has 20 heavy (non-hydrogen) atoms. The van der Waals surface area contributed by atoms with Crippen LogP contribution in [0.15, 0.2) is 12.3 Å². The Morgan fingerprint density at radius 1 is 1.40 bits per heavy atom. The highest BCUT2D eigenvalue weighted by molar-refractivity contribution is 5.96. The maximum absolute atomic E-state index is 12.2. The molecule has 1 amide bonds. The summed E-state index contributed by atoms with van der Waals surface area (Å²) in [5.41, 5.74) is 2.95. The maximum Gasteiger partial charge on any atom is 0.229 e. The number of anilines is 1. The summed E-state index contributed by atoms with van der Waals surface area (Å²) >= 11 is 0. The van der Waals surface area contributed by atoms with Crippen LogP contribution in [-0.4, -0.2) is 17.5 Å². The Kier molecular flexibility index (Phi) is 5.31. The van der Waals surface area contributed by atoms with Gasteiger partial charge in [0, 0.05) is 22.4 Å². The molecule has 4 heteroatoms. The van der Waals surface area contributed by atoms with E-state index in [4.69, 9.17) is 4.74 Å². The van der Waals surface area contributed by atoms with Gasteiger partial charge in [-0.3, -0.25) is 9.78 Å². The molecule has 110 valence electrons. The van der Waals surface area contributed by atoms with Gasteiger partial charge in [0.25, 0.3) is 0 Å². The Hall–Kier alpha value is -1.84. The number of aryl methyl sites for hydroxylation is 2. The summed E-state index contributed by atoms with van der Waals surface area (Å²) in [6, 6.07) is 1.88. The molecule has 0 bridgehead atoms. The van der Waals surface area contributed by atoms with Gasteiger partial charge in [-0.15, -0.1) is 0 Å². The van der Waals surface area contributed by atoms with Gasteiger partial charge in [-0.25, -0.2) is 0 Å². The number of rotatable bonds is 4. The Morgan fingerprint density at radius 3 is 2.60 bits per heavy atom. The van der Waals surface area contributed by atoms with E-state index >= 15 is 0 Å². The minimum Gasteiger partial charge on any atom is -0.501 e. The second-order valence-corrected chi connectivity index (χ2v) is 5.77. The molecule has 0 unspecified atom stereocenters. The lowest BCUT2D eigenvalue weighted by Crippen LogP contribution is -2.28. The van der Waals surface area contributed by atoms with E-state index in [1.165, 1.54) is 0 Å². The Balaban J connectivity index is 3.13. The van der Waals surface area contributed by atoms with Gasteiger partial charge >= 0.3 is 0 Å². The predicted molar refractivity (Wildman–Crippen MR) is 82.5 cm³/mol. The van der Waals surface area contributed by atoms with E-state index in [-0.39, 0.29) is 5.91 Å². The van der Waals surface area contributed by atoms with Crippen molar-refractivity contribution in [2.45, 2.75) is 41.5 Å². The third-order valence-corrected chi connectivity index (χ3v) is 2.80. The summed E-state index contributed by atoms with van der Waals surface area (Å²) in [6.45, 7) is 12.0. The summed E-state index contributed by atoms with van der Waals surface area (Å²) in [6.07, 6.45) is 3.47. The number of nitrogens with one attached hydrogen (secondary N) is 1. The van der Waals surface area contributed by atoms with E-state index in [1.807, 2.05) is 53.7 Å². The first-order valence-electron chi connectivity index (χ1n) is 6.83. The zero-order chi connectivity index (χ0) is 15.3. The lowest BCUT2D eigenvalue weighted by Gasteiger charge is -2.19. The van der Waals surface area contributed by atoms with Crippen LogP contribution in [0.3, 0.4) is 0 Å². The fourth-order valence-electron chi connectivity index (χ4n) is 1.67. The first kappa shape index (κ1) is 16.2. The number of carbonyl (C=O) groups excluding carboxylic acids is 1. The number of aromatic nitrogens is 1. The average Bonchev–Trinajstić information content (AvgIpc) is 2.31. The van der Waals surface area contributed by atoms with Crippen LogP contribution in [0.1, 0.15) is 44.6 Å². The SMILES string of the molecule is CCOC=Cc1c(NC(=O)C(C)(C)C)cc(C)nc1C. The monoisotopic (exact) mass is 276 g/mol. The van der Waals surface area contributed by atoms with Crippen LogP contribution in [0.5, 0.6) is 0 Å². The number of nitrogens with zero attached hydrogens (tertiary/aromatic N) is 1. The fraction of sp³-hybridized carbons (Fsp3) is 0.500. The van der Waals surface area contributed by atoms with Crippen molar-refractivity contribution in [2.75, 3.05) is 11.9 Å². The van der Waals surface area contributed by atoms with Gasteiger partial charge in [-0.05, 0) is 32.9 Å². The first-order valence-corrected chi connectivity index (χ1v) is 6.83. The summed E-state index contributed by atoms with van der Waals surface area (Å²) in [5, 5.41) is 2.97. The van der Waals surface area contributed by atoms with Crippen LogP contribution in [0.4, 0.5) is 5.69 Å². The molecule has 0 aromatic carbocycles. The van der Waals surface area contributed by atoms with Crippen molar-refractivity contribution in [1.82, 2.24) is 4.98 Å². The number of hydrogen-bond donors (Lipinski definition) is 1. The van der Waals surface area contributed by atoms with Crippen molar-refractivity contribution in [2.24, 2.45) is 5.41 Å². The molecule has 0 aliphatic carbocycles. The molecule has 1 heterocycles. The molecule has 4 nitrogen and oxygen atoms in total. The smallest absolute Gasteiger partial charge is 0.229 e. The highest BCUT2D eigenvalue weighted by atomic mass is 16.5. The van der Waals surface area contributed by atoms with Gasteiger partial charge in [-0.1, -0.05) is 20.8 Å². The standard InChI is InChI=1S/C16H24N2O2/c1-7-20-9-8-13-12(3)17-11(2)10-14(13)18-15(19)16(4,5)6/h8-10H,7H2,1-6H3,(H,17,18,19). The second-order valence-electron chi connectivity index (χ2n) is 5.77. The predicted octanol–water partition coefficient (Wildman–Crippen LogP) is 3.69. The number of pyridine rings is 1. The number of amides is 1. The quantitative estimate of drug-likeness (QED) is 0.853. The molecule has 1 N–H and O–H groups in total. The van der Waals surface area contributed by atoms with Crippen molar-refractivity contribution < 1.29 is 9.53 Å². The average molecular weight is 276 g/mol. The molecule has 0 radical (unpaired) electrons. The largest absolute Gasteiger partial charge is 0.501 e. The molecular weight excluding hydrogens is 252 g/mol. The molecule has 1 aromatic rings. The van der Waals surface area contributed by atoms with Gasteiger partial charge in [0.2, 0.25) is 5.91 Å². The molecule has 0 aliphatic heterocycles. The van der Waals surface area contributed by atoms with Crippen LogP contribution in [0.25, 0.3) is 6.08 Å². The summed E-state index contributed by atoms with van der Waals surface area (Å²) in [4.78, 5) is 16.6. The normalized spacial score (nSPS) is 11.7. The molecule has 0 saturated carbocycles. The molecular formula is C16H24N2O2. The molecule has 0 atom stereocenters. The van der Waals surface area contributed by atoms with Gasteiger partial charge in [0.05, 0.1) is 18.6 Å². The Morgan fingerprint density at radius 2 is 2.05 bits per heavy atom. The second kappa shape index (κ2) is 6.55. The van der Waals surface area contributed by atoms with Crippen molar-refractivity contribution >= 4 is 17.7 Å². The first-order chi connectivity index (χ1) is 9.25. The van der Waals surface area contributed by atoms with Crippen LogP contribution < -0.4 is 5.32 Å². The summed E-state index contributed by atoms with van der Waals surface area (Å²) < 4.78 is 5.23. The lowest BCUT2D eigenvalue weighted by molar-refractivity contribution is -0.123. The minimum absolute atomic E-state index is 0.0199. The van der Waals surface area contributed by atoms with Gasteiger partial charge in [0.1, 0.15) is 0 Å². The highest BCUT2D eigenvalue weighted by Crippen LogP contribution is 2.24. The third kappa shape index (κ3) is 4.37. The van der Waals surface area contributed by atoms with E-state index in [9.17, 15) is 4.79 Å². The van der Waals surface area contributed by atoms with E-state index in [2.05, 4.69) is 10.3 Å². The lowest BCUT2D eigenvalue weighted by atomic mass is 9.95. The summed E-state index contributed by atoms with van der Waals surface area (Å²) in [5.74, 6) is -0.0199. The topological polar surface area (TPSA) is 51.2 Å². The Bertz CT molecular complexity index is 514. The molecule has 1 rings (SSSR count). The zero-order valence-electron chi connectivity index (χ0n) is 13.2. The highest BCUT2D eigenvalue weighted by Gasteiger charge is 2.22. The van der Waals surface area contributed by atoms with E-state index in [1.54, 1.807) is 6.26 Å². The summed E-state index contributed by atoms with van der Waals surface area (Å²) in [7, 11) is 0. The van der Waals surface area contributed by atoms with Crippen LogP contribution >= 0.6 is 0 Å². The van der Waals surface area contributed by atoms with Gasteiger partial charge in [-0.2, -0.15) is 0 Å². The number of carbonyl (C=O) groups is 1. The van der Waals surface area contributed by atoms with Crippen LogP contribution in [0, 0.1) is 19.3 Å². The molecule has 0 fully saturated rings. The van der Waals surface area contributed by atoms with Crippen molar-refractivity contribution in [3.8, 4) is 0 Å². The number of ether oxygens (including phenoxy) is 1. The zero-order valence-corrected chi connectivity index (χ0v) is 13.2. The molecule has 0 aliphatic rings. The maximum atomic E-state index is 12.2. The Labute approximate surface area is 121 Å². The van der Waals surface area contributed by atoms with E-state index in [0.29, 0.717) is 6.61 Å². The third-order valence-electron chi connectivity index (χ3n) is 2.80. The van der Waals surface area contributed by atoms with Gasteiger partial charge < -0.3 is 10.1 Å². The van der Waals surface area contributed by atoms with Gasteiger partial charge in [0.15, 0.2) is 0 Å². The molecule has 0 saturated heterocycles. The van der Waals surface area contributed by atoms with E-state index in [0.717, 1.165) is 22.6 Å². The number of hydrogen-bond acceptors (Lipinski definition) is 3. The molecule has 0 spiro atoms. The van der Waals surface area contributed by atoms with Crippen molar-refractivity contribution in [3.63, 3.8) is 0 Å². The molecule has 1 aromatic heterocycles. The van der Waals surface area contributed by atoms with E-state index < -0.39 is 5.41 Å². The van der Waals surface area contributed by atoms with Crippen molar-refractivity contribution in [3.05, 3.63) is 29.3 Å². The van der Waals surface area contributed by atoms with Crippen LogP contribution in [-0.2, 0) is 9.53 Å². The van der Waals surface area contributed by atoms with Crippen molar-refractivity contribution in [1.29, 1.82) is 0 Å². The fourth-order valence-corrected chi connectivity index (χ4v) is 1.67. The minimum atomic E-state index is -0.439.